The molecule has 0 bridgehead atoms. The lowest BCUT2D eigenvalue weighted by molar-refractivity contribution is -0.252. The Hall–Kier alpha value is -5.48. The van der Waals surface area contributed by atoms with Crippen LogP contribution in [0.25, 0.3) is 0 Å². The smallest absolute Gasteiger partial charge is 0.254 e. The van der Waals surface area contributed by atoms with E-state index in [9.17, 15) is 25.1 Å². The minimum absolute atomic E-state index is 0.0258. The first-order valence-corrected chi connectivity index (χ1v) is 20.1. The third-order valence-corrected chi connectivity index (χ3v) is 11.6. The van der Waals surface area contributed by atoms with Gasteiger partial charge in [0.2, 0.25) is 5.79 Å². The lowest BCUT2D eigenvalue weighted by Crippen LogP contribution is -2.69. The number of allylic oxidation sites excluding steroid dienone is 1. The number of ether oxygens (including phenoxy) is 4. The van der Waals surface area contributed by atoms with E-state index in [1.165, 1.54) is 7.11 Å². The molecular formula is C46H53N3O9. The Labute approximate surface area is 340 Å². The number of hydrogen-bond donors (Lipinski definition) is 2. The van der Waals surface area contributed by atoms with Crippen molar-refractivity contribution < 1.29 is 43.6 Å². The van der Waals surface area contributed by atoms with E-state index < -0.39 is 17.7 Å². The number of amides is 1. The van der Waals surface area contributed by atoms with Gasteiger partial charge in [-0.2, -0.15) is 5.26 Å². The fourth-order valence-electron chi connectivity index (χ4n) is 8.97. The van der Waals surface area contributed by atoms with E-state index in [-0.39, 0.29) is 49.9 Å². The number of nitriles is 1. The molecule has 0 saturated heterocycles. The van der Waals surface area contributed by atoms with E-state index in [4.69, 9.17) is 28.9 Å². The summed E-state index contributed by atoms with van der Waals surface area (Å²) < 4.78 is 25.9. The van der Waals surface area contributed by atoms with Crippen LogP contribution in [0, 0.1) is 29.1 Å². The van der Waals surface area contributed by atoms with Gasteiger partial charge in [-0.3, -0.25) is 9.59 Å². The summed E-state index contributed by atoms with van der Waals surface area (Å²) in [5, 5.41) is 33.8. The summed E-state index contributed by atoms with van der Waals surface area (Å²) in [5.74, 6) is -0.318. The molecule has 0 aromatic heterocycles. The number of carbonyl (C=O) groups is 2. The van der Waals surface area contributed by atoms with Crippen LogP contribution in [0.1, 0.15) is 89.6 Å². The van der Waals surface area contributed by atoms with Crippen LogP contribution in [-0.2, 0) is 9.57 Å². The summed E-state index contributed by atoms with van der Waals surface area (Å²) >= 11 is 0. The molecule has 3 aromatic carbocycles. The van der Waals surface area contributed by atoms with Crippen molar-refractivity contribution in [2.24, 2.45) is 22.9 Å². The molecule has 1 amide bonds. The number of rotatable bonds is 19. The van der Waals surface area contributed by atoms with E-state index in [1.54, 1.807) is 60.5 Å². The Kier molecular flexibility index (Phi) is 14.0. The van der Waals surface area contributed by atoms with Gasteiger partial charge in [-0.25, -0.2) is 0 Å². The predicted octanol–water partition coefficient (Wildman–Crippen LogP) is 7.60. The Balaban J connectivity index is 1.56. The maximum Gasteiger partial charge on any atom is 0.254 e. The van der Waals surface area contributed by atoms with Gasteiger partial charge in [0.25, 0.3) is 5.91 Å². The van der Waals surface area contributed by atoms with Crippen molar-refractivity contribution in [2.45, 2.75) is 69.6 Å². The highest BCUT2D eigenvalue weighted by molar-refractivity contribution is 6.03. The second kappa shape index (κ2) is 19.3. The molecule has 12 nitrogen and oxygen atoms in total. The fraction of sp³-hybridized carbons (Fsp3) is 0.435. The van der Waals surface area contributed by atoms with Gasteiger partial charge in [-0.05, 0) is 111 Å². The normalized spacial score (nSPS) is 23.6. The maximum absolute atomic E-state index is 14.4. The fourth-order valence-corrected chi connectivity index (χ4v) is 8.97. The van der Waals surface area contributed by atoms with E-state index in [1.807, 2.05) is 25.1 Å². The van der Waals surface area contributed by atoms with Crippen LogP contribution in [-0.4, -0.2) is 85.4 Å². The van der Waals surface area contributed by atoms with Crippen molar-refractivity contribution in [3.63, 3.8) is 0 Å². The maximum atomic E-state index is 14.4. The summed E-state index contributed by atoms with van der Waals surface area (Å²) in [6.45, 7) is 6.49. The molecule has 58 heavy (non-hydrogen) atoms. The molecule has 3 aliphatic rings. The number of nitrogens with zero attached hydrogens (tertiary/aromatic N) is 3. The number of unbranched alkanes of at least 4 members (excludes halogenated alkanes) is 2. The number of oxime groups is 1. The Morgan fingerprint density at radius 1 is 1.05 bits per heavy atom. The number of hydrogen-bond acceptors (Lipinski definition) is 11. The van der Waals surface area contributed by atoms with Crippen molar-refractivity contribution >= 4 is 17.9 Å². The summed E-state index contributed by atoms with van der Waals surface area (Å²) in [4.78, 5) is 33.7. The van der Waals surface area contributed by atoms with Crippen LogP contribution in [0.5, 0.6) is 23.0 Å². The Bertz CT molecular complexity index is 2040. The summed E-state index contributed by atoms with van der Waals surface area (Å²) in [6, 6.07) is 18.7. The zero-order valence-corrected chi connectivity index (χ0v) is 33.5. The summed E-state index contributed by atoms with van der Waals surface area (Å²) in [7, 11) is 3.25. The second-order valence-corrected chi connectivity index (χ2v) is 14.9. The van der Waals surface area contributed by atoms with Crippen LogP contribution in [0.3, 0.4) is 0 Å². The molecule has 1 heterocycles. The molecule has 3 aromatic rings. The van der Waals surface area contributed by atoms with E-state index >= 15 is 0 Å². The van der Waals surface area contributed by atoms with Crippen LogP contribution in [0.4, 0.5) is 0 Å². The number of carbonyl (C=O) groups excluding carboxylic acids is 2. The van der Waals surface area contributed by atoms with E-state index in [0.717, 1.165) is 43.1 Å². The zero-order valence-electron chi connectivity index (χ0n) is 33.5. The highest BCUT2D eigenvalue weighted by Crippen LogP contribution is 2.62. The number of aliphatic hydroxyl groups excluding tert-OH is 2. The van der Waals surface area contributed by atoms with Crippen LogP contribution >= 0.6 is 0 Å². The molecule has 1 saturated carbocycles. The molecule has 0 radical (unpaired) electrons. The molecule has 6 rings (SSSR count). The number of methoxy groups -OCH3 is 1. The SMILES string of the molecule is C=CCOC12Oc3ccc(Oc4ccc(OC)c(C=O)c4)cc3C3C(CCCCO)C(CCCCO)C=C(C(=NOCC)CC1N(C)C(=O)c1ccc(C#N)cc1)C32. The van der Waals surface area contributed by atoms with Crippen molar-refractivity contribution in [1.82, 2.24) is 4.90 Å². The van der Waals surface area contributed by atoms with Gasteiger partial charge in [0, 0.05) is 43.7 Å². The molecular weight excluding hydrogens is 739 g/mol. The van der Waals surface area contributed by atoms with Crippen molar-refractivity contribution in [3.05, 3.63) is 107 Å². The van der Waals surface area contributed by atoms with Gasteiger partial charge in [0.05, 0.1) is 42.5 Å². The molecule has 0 spiro atoms. The number of likely N-dealkylation sites (N-methyl/N-ethyl adjacent to an activating group) is 1. The molecule has 2 N–H and O–H groups in total. The average molecular weight is 792 g/mol. The van der Waals surface area contributed by atoms with Gasteiger partial charge in [-0.15, -0.1) is 6.58 Å². The zero-order chi connectivity index (χ0) is 41.2. The topological polar surface area (TPSA) is 160 Å². The van der Waals surface area contributed by atoms with E-state index in [0.29, 0.717) is 64.8 Å². The quantitative estimate of drug-likeness (QED) is 0.0536. The highest BCUT2D eigenvalue weighted by atomic mass is 16.7. The van der Waals surface area contributed by atoms with Gasteiger partial charge in [0.15, 0.2) is 6.29 Å². The Morgan fingerprint density at radius 3 is 2.45 bits per heavy atom. The lowest BCUT2D eigenvalue weighted by Gasteiger charge is -2.59. The largest absolute Gasteiger partial charge is 0.496 e. The molecule has 1 fully saturated rings. The van der Waals surface area contributed by atoms with Crippen LogP contribution < -0.4 is 14.2 Å². The molecule has 306 valence electrons. The minimum Gasteiger partial charge on any atom is -0.496 e. The first kappa shape index (κ1) is 42.1. The van der Waals surface area contributed by atoms with Crippen LogP contribution in [0.2, 0.25) is 0 Å². The standard InChI is InChI=1S/C46H53N3O9/c1-5-23-55-46-42(49(3)45(53)31-15-13-30(28-47)14-16-31)27-39(48-56-6-2)37-25-32(11-7-9-21-50)36(12-8-10-22-51)43(44(37)46)38-26-35(18-20-41(38)58-46)57-34-17-19-40(54-4)33(24-34)29-52/h5,13-20,24-26,29,32,36,42-44,50-51H,1,6-12,21-23,27H2,2-4H3. The van der Waals surface area contributed by atoms with Gasteiger partial charge in [-0.1, -0.05) is 30.1 Å². The van der Waals surface area contributed by atoms with Gasteiger partial charge in [0.1, 0.15) is 35.6 Å². The van der Waals surface area contributed by atoms with Gasteiger partial charge < -0.3 is 38.9 Å². The second-order valence-electron chi connectivity index (χ2n) is 14.9. The van der Waals surface area contributed by atoms with Gasteiger partial charge >= 0.3 is 0 Å². The number of aliphatic hydroxyl groups is 2. The summed E-state index contributed by atoms with van der Waals surface area (Å²) in [5.41, 5.74) is 3.73. The third kappa shape index (κ3) is 8.53. The van der Waals surface area contributed by atoms with Crippen molar-refractivity contribution in [1.29, 1.82) is 5.26 Å². The molecule has 1 aliphatic heterocycles. The van der Waals surface area contributed by atoms with Crippen molar-refractivity contribution in [2.75, 3.05) is 40.6 Å². The monoisotopic (exact) mass is 791 g/mol. The molecule has 6 atom stereocenters. The lowest BCUT2D eigenvalue weighted by atomic mass is 9.55. The first-order valence-electron chi connectivity index (χ1n) is 20.1. The third-order valence-electron chi connectivity index (χ3n) is 11.6. The number of aldehydes is 1. The van der Waals surface area contributed by atoms with E-state index in [2.05, 4.69) is 18.7 Å². The highest BCUT2D eigenvalue weighted by Gasteiger charge is 2.65. The molecule has 6 unspecified atom stereocenters. The average Bonchev–Trinajstić information content (AvgIpc) is 3.25. The molecule has 2 aliphatic carbocycles. The predicted molar refractivity (Wildman–Crippen MR) is 218 cm³/mol. The van der Waals surface area contributed by atoms with Crippen LogP contribution in [0.15, 0.2) is 90.1 Å². The first-order chi connectivity index (χ1) is 28.3. The summed E-state index contributed by atoms with van der Waals surface area (Å²) in [6.07, 6.45) is 9.42. The number of benzene rings is 3. The minimum atomic E-state index is -1.41. The Morgan fingerprint density at radius 2 is 1.78 bits per heavy atom. The molecule has 12 heteroatoms. The van der Waals surface area contributed by atoms with Crippen molar-refractivity contribution in [3.8, 4) is 29.1 Å². The number of fused-ring (bicyclic) bond motifs is 2.